The number of furan rings is 1. The van der Waals surface area contributed by atoms with Crippen LogP contribution in [-0.4, -0.2) is 42.4 Å². The van der Waals surface area contributed by atoms with E-state index in [0.29, 0.717) is 11.3 Å². The van der Waals surface area contributed by atoms with Gasteiger partial charge in [0, 0.05) is 30.4 Å². The van der Waals surface area contributed by atoms with Gasteiger partial charge in [0.1, 0.15) is 0 Å². The topological polar surface area (TPSA) is 74.6 Å². The number of anilines is 1. The van der Waals surface area contributed by atoms with Crippen LogP contribution in [-0.2, 0) is 0 Å². The number of carbonyl (C=O) groups excluding carboxylic acids is 2. The van der Waals surface area contributed by atoms with Crippen molar-refractivity contribution in [1.29, 1.82) is 0 Å². The van der Waals surface area contributed by atoms with Crippen molar-refractivity contribution in [3.05, 3.63) is 54.0 Å². The minimum atomic E-state index is -0.315. The van der Waals surface area contributed by atoms with E-state index in [0.717, 1.165) is 32.5 Å². The predicted octanol–water partition coefficient (Wildman–Crippen LogP) is 2.75. The molecular weight excluding hydrogens is 318 g/mol. The maximum Gasteiger partial charge on any atom is 0.291 e. The van der Waals surface area contributed by atoms with Crippen LogP contribution >= 0.6 is 0 Å². The molecule has 2 N–H and O–H groups in total. The first kappa shape index (κ1) is 17.2. The highest BCUT2D eigenvalue weighted by Gasteiger charge is 2.20. The summed E-state index contributed by atoms with van der Waals surface area (Å²) in [5.74, 6) is -0.135. The standard InChI is InChI=1S/C19H23N3O3/c1-2-22-11-9-16(10-12-22)20-18(23)14-5-7-15(8-6-14)21-19(24)17-4-3-13-25-17/h3-8,13,16H,2,9-12H2,1H3,(H,20,23)(H,21,24). The van der Waals surface area contributed by atoms with Crippen LogP contribution < -0.4 is 10.6 Å². The lowest BCUT2D eigenvalue weighted by Crippen LogP contribution is -2.44. The fourth-order valence-corrected chi connectivity index (χ4v) is 2.97. The van der Waals surface area contributed by atoms with E-state index >= 15 is 0 Å². The zero-order valence-corrected chi connectivity index (χ0v) is 14.3. The van der Waals surface area contributed by atoms with E-state index < -0.39 is 0 Å². The van der Waals surface area contributed by atoms with Crippen molar-refractivity contribution in [2.75, 3.05) is 25.0 Å². The maximum atomic E-state index is 12.4. The molecule has 0 unspecified atom stereocenters. The number of nitrogens with zero attached hydrogens (tertiary/aromatic N) is 1. The highest BCUT2D eigenvalue weighted by atomic mass is 16.3. The summed E-state index contributed by atoms with van der Waals surface area (Å²) in [5, 5.41) is 5.83. The van der Waals surface area contributed by atoms with Crippen LogP contribution in [0, 0.1) is 0 Å². The van der Waals surface area contributed by atoms with E-state index in [4.69, 9.17) is 4.42 Å². The Morgan fingerprint density at radius 2 is 1.84 bits per heavy atom. The van der Waals surface area contributed by atoms with Crippen LogP contribution in [0.15, 0.2) is 47.1 Å². The molecule has 6 heteroatoms. The molecule has 2 heterocycles. The second-order valence-corrected chi connectivity index (χ2v) is 6.19. The SMILES string of the molecule is CCN1CCC(NC(=O)c2ccc(NC(=O)c3ccco3)cc2)CC1. The minimum Gasteiger partial charge on any atom is -0.459 e. The van der Waals surface area contributed by atoms with E-state index in [1.54, 1.807) is 36.4 Å². The molecule has 0 bridgehead atoms. The number of piperidine rings is 1. The van der Waals surface area contributed by atoms with Crippen molar-refractivity contribution >= 4 is 17.5 Å². The molecule has 1 aromatic heterocycles. The van der Waals surface area contributed by atoms with Crippen molar-refractivity contribution in [3.8, 4) is 0 Å². The number of benzene rings is 1. The summed E-state index contributed by atoms with van der Waals surface area (Å²) in [4.78, 5) is 26.7. The van der Waals surface area contributed by atoms with E-state index in [1.165, 1.54) is 6.26 Å². The molecule has 2 aromatic rings. The van der Waals surface area contributed by atoms with Gasteiger partial charge in [0.15, 0.2) is 5.76 Å². The van der Waals surface area contributed by atoms with Gasteiger partial charge < -0.3 is 20.0 Å². The number of rotatable bonds is 5. The normalized spacial score (nSPS) is 15.7. The van der Waals surface area contributed by atoms with Gasteiger partial charge >= 0.3 is 0 Å². The van der Waals surface area contributed by atoms with Crippen molar-refractivity contribution in [2.24, 2.45) is 0 Å². The molecule has 0 spiro atoms. The summed E-state index contributed by atoms with van der Waals surface area (Å²) in [7, 11) is 0. The first-order valence-corrected chi connectivity index (χ1v) is 8.64. The van der Waals surface area contributed by atoms with Gasteiger partial charge in [-0.2, -0.15) is 0 Å². The van der Waals surface area contributed by atoms with Gasteiger partial charge in [-0.1, -0.05) is 6.92 Å². The fraction of sp³-hybridized carbons (Fsp3) is 0.368. The summed E-state index contributed by atoms with van der Waals surface area (Å²) < 4.78 is 5.05. The first-order valence-electron chi connectivity index (χ1n) is 8.64. The molecule has 0 atom stereocenters. The Labute approximate surface area is 147 Å². The average molecular weight is 341 g/mol. The summed E-state index contributed by atoms with van der Waals surface area (Å²) in [6.45, 7) is 5.27. The van der Waals surface area contributed by atoms with Crippen molar-refractivity contribution in [3.63, 3.8) is 0 Å². The Morgan fingerprint density at radius 3 is 2.44 bits per heavy atom. The fourth-order valence-electron chi connectivity index (χ4n) is 2.97. The van der Waals surface area contributed by atoms with Gasteiger partial charge in [0.25, 0.3) is 11.8 Å². The zero-order chi connectivity index (χ0) is 17.6. The van der Waals surface area contributed by atoms with E-state index in [1.807, 2.05) is 0 Å². The third kappa shape index (κ3) is 4.48. The van der Waals surface area contributed by atoms with E-state index in [2.05, 4.69) is 22.5 Å². The molecule has 1 saturated heterocycles. The molecule has 0 saturated carbocycles. The number of likely N-dealkylation sites (tertiary alicyclic amines) is 1. The predicted molar refractivity (Wildman–Crippen MR) is 95.7 cm³/mol. The number of hydrogen-bond donors (Lipinski definition) is 2. The molecule has 1 aliphatic heterocycles. The Morgan fingerprint density at radius 1 is 1.12 bits per heavy atom. The van der Waals surface area contributed by atoms with Gasteiger partial charge in [-0.05, 0) is 55.8 Å². The lowest BCUT2D eigenvalue weighted by molar-refractivity contribution is 0.0912. The van der Waals surface area contributed by atoms with Crippen LogP contribution in [0.2, 0.25) is 0 Å². The quantitative estimate of drug-likeness (QED) is 0.877. The van der Waals surface area contributed by atoms with Crippen LogP contribution in [0.1, 0.15) is 40.7 Å². The zero-order valence-electron chi connectivity index (χ0n) is 14.3. The monoisotopic (exact) mass is 341 g/mol. The largest absolute Gasteiger partial charge is 0.459 e. The Bertz CT molecular complexity index is 702. The lowest BCUT2D eigenvalue weighted by atomic mass is 10.0. The van der Waals surface area contributed by atoms with Crippen molar-refractivity contribution < 1.29 is 14.0 Å². The number of nitrogens with one attached hydrogen (secondary N) is 2. The minimum absolute atomic E-state index is 0.0705. The summed E-state index contributed by atoms with van der Waals surface area (Å²) >= 11 is 0. The molecule has 1 fully saturated rings. The molecule has 25 heavy (non-hydrogen) atoms. The van der Waals surface area contributed by atoms with Crippen molar-refractivity contribution in [1.82, 2.24) is 10.2 Å². The summed E-state index contributed by atoms with van der Waals surface area (Å²) in [6, 6.07) is 10.4. The smallest absolute Gasteiger partial charge is 0.291 e. The molecule has 2 amide bonds. The van der Waals surface area contributed by atoms with E-state index in [9.17, 15) is 9.59 Å². The molecule has 1 aliphatic rings. The second-order valence-electron chi connectivity index (χ2n) is 6.19. The Kier molecular flexibility index (Phi) is 5.50. The van der Waals surface area contributed by atoms with Crippen LogP contribution in [0.5, 0.6) is 0 Å². The van der Waals surface area contributed by atoms with Gasteiger partial charge in [-0.25, -0.2) is 0 Å². The van der Waals surface area contributed by atoms with Gasteiger partial charge in [-0.15, -0.1) is 0 Å². The molecular formula is C19H23N3O3. The van der Waals surface area contributed by atoms with Crippen LogP contribution in [0.25, 0.3) is 0 Å². The second kappa shape index (κ2) is 7.98. The molecule has 6 nitrogen and oxygen atoms in total. The molecule has 3 rings (SSSR count). The molecule has 1 aromatic carbocycles. The van der Waals surface area contributed by atoms with Crippen LogP contribution in [0.3, 0.4) is 0 Å². The highest BCUT2D eigenvalue weighted by Crippen LogP contribution is 2.14. The summed E-state index contributed by atoms with van der Waals surface area (Å²) in [6.07, 6.45) is 3.42. The highest BCUT2D eigenvalue weighted by molar-refractivity contribution is 6.02. The van der Waals surface area contributed by atoms with Gasteiger partial charge in [0.05, 0.1) is 6.26 Å². The Balaban J connectivity index is 1.53. The Hall–Kier alpha value is -2.60. The van der Waals surface area contributed by atoms with Crippen LogP contribution in [0.4, 0.5) is 5.69 Å². The third-order valence-electron chi connectivity index (χ3n) is 4.52. The maximum absolute atomic E-state index is 12.4. The third-order valence-corrected chi connectivity index (χ3v) is 4.52. The van der Waals surface area contributed by atoms with Gasteiger partial charge in [-0.3, -0.25) is 9.59 Å². The van der Waals surface area contributed by atoms with Crippen molar-refractivity contribution in [2.45, 2.75) is 25.8 Å². The number of amides is 2. The molecule has 132 valence electrons. The van der Waals surface area contributed by atoms with E-state index in [-0.39, 0.29) is 23.6 Å². The number of hydrogen-bond acceptors (Lipinski definition) is 4. The van der Waals surface area contributed by atoms with Gasteiger partial charge in [0.2, 0.25) is 0 Å². The average Bonchev–Trinajstić information content (AvgIpc) is 3.18. The number of carbonyl (C=O) groups is 2. The molecule has 0 aliphatic carbocycles. The first-order chi connectivity index (χ1) is 12.2. The lowest BCUT2D eigenvalue weighted by Gasteiger charge is -2.31. The molecule has 0 radical (unpaired) electrons. The summed E-state index contributed by atoms with van der Waals surface area (Å²) in [5.41, 5.74) is 1.21.